The van der Waals surface area contributed by atoms with Gasteiger partial charge in [0.05, 0.1) is 19.3 Å². The highest BCUT2D eigenvalue weighted by Crippen LogP contribution is 2.23. The third-order valence-electron chi connectivity index (χ3n) is 12.4. The summed E-state index contributed by atoms with van der Waals surface area (Å²) in [5, 5.41) is 43.0. The monoisotopic (exact) mass is 830 g/mol. The maximum absolute atomic E-state index is 15.6. The van der Waals surface area contributed by atoms with Crippen LogP contribution in [0.25, 0.3) is 0 Å². The van der Waals surface area contributed by atoms with Crippen LogP contribution in [0.4, 0.5) is 4.39 Å². The van der Waals surface area contributed by atoms with Gasteiger partial charge in [0.1, 0.15) is 30.6 Å². The number of aliphatic hydroxyl groups is 4. The number of nitrogens with one attached hydrogen (secondary N) is 1. The van der Waals surface area contributed by atoms with E-state index in [4.69, 9.17) is 9.47 Å². The van der Waals surface area contributed by atoms with Crippen molar-refractivity contribution in [3.05, 3.63) is 0 Å². The molecule has 0 saturated carbocycles. The minimum Gasteiger partial charge on any atom is -0.394 e. The first-order chi connectivity index (χ1) is 28.3. The summed E-state index contributed by atoms with van der Waals surface area (Å²) in [4.78, 5) is 12.9. The first kappa shape index (κ1) is 55.2. The van der Waals surface area contributed by atoms with Crippen LogP contribution in [-0.2, 0) is 14.3 Å². The van der Waals surface area contributed by atoms with Gasteiger partial charge in [0.2, 0.25) is 5.91 Å². The molecule has 0 radical (unpaired) electrons. The average Bonchev–Trinajstić information content (AvgIpc) is 3.22. The van der Waals surface area contributed by atoms with Crippen molar-refractivity contribution in [2.45, 2.75) is 294 Å². The molecular weight excluding hydrogens is 734 g/mol. The Morgan fingerprint density at radius 1 is 0.534 bits per heavy atom. The Morgan fingerprint density at radius 2 is 0.879 bits per heavy atom. The van der Waals surface area contributed by atoms with E-state index in [0.717, 1.165) is 38.5 Å². The molecule has 346 valence electrons. The van der Waals surface area contributed by atoms with Crippen LogP contribution in [0.3, 0.4) is 0 Å². The highest BCUT2D eigenvalue weighted by molar-refractivity contribution is 5.76. The van der Waals surface area contributed by atoms with Crippen LogP contribution >= 0.6 is 0 Å². The molecule has 9 heteroatoms. The van der Waals surface area contributed by atoms with E-state index in [0.29, 0.717) is 19.3 Å². The van der Waals surface area contributed by atoms with Gasteiger partial charge in [0.15, 0.2) is 6.29 Å². The summed E-state index contributed by atoms with van der Waals surface area (Å²) in [6.07, 6.45) is 36.7. The molecular formula is C49H96FNO7. The summed E-state index contributed by atoms with van der Waals surface area (Å²) in [6.45, 7) is 3.69. The van der Waals surface area contributed by atoms with Crippen LogP contribution < -0.4 is 5.32 Å². The van der Waals surface area contributed by atoms with Gasteiger partial charge in [-0.3, -0.25) is 4.79 Å². The smallest absolute Gasteiger partial charge is 0.220 e. The number of aliphatic hydroxyl groups excluding tert-OH is 4. The number of carbonyl (C=O) groups is 1. The number of ether oxygens (including phenoxy) is 2. The van der Waals surface area contributed by atoms with Crippen LogP contribution in [-0.4, -0.2) is 82.5 Å². The number of halogens is 1. The fourth-order valence-corrected chi connectivity index (χ4v) is 8.37. The zero-order valence-corrected chi connectivity index (χ0v) is 38.0. The Balaban J connectivity index is 2.20. The Bertz CT molecular complexity index is 882. The van der Waals surface area contributed by atoms with E-state index in [-0.39, 0.29) is 12.5 Å². The molecule has 5 N–H and O–H groups in total. The molecule has 1 heterocycles. The largest absolute Gasteiger partial charge is 0.394 e. The molecule has 1 rings (SSSR count). The van der Waals surface area contributed by atoms with E-state index in [1.165, 1.54) is 180 Å². The topological polar surface area (TPSA) is 128 Å². The summed E-state index contributed by atoms with van der Waals surface area (Å²) in [5.41, 5.74) is 0. The first-order valence-corrected chi connectivity index (χ1v) is 25.2. The van der Waals surface area contributed by atoms with E-state index in [1.54, 1.807) is 0 Å². The van der Waals surface area contributed by atoms with Gasteiger partial charge in [0, 0.05) is 6.42 Å². The molecule has 0 aromatic carbocycles. The molecule has 1 fully saturated rings. The molecule has 7 atom stereocenters. The van der Waals surface area contributed by atoms with Crippen molar-refractivity contribution in [2.75, 3.05) is 13.2 Å². The Hall–Kier alpha value is -0.840. The number of alkyl halides is 1. The molecule has 0 aromatic rings. The van der Waals surface area contributed by atoms with Crippen LogP contribution in [0.1, 0.15) is 251 Å². The summed E-state index contributed by atoms with van der Waals surface area (Å²) in [6, 6.07) is -0.933. The van der Waals surface area contributed by atoms with E-state index >= 15 is 4.39 Å². The van der Waals surface area contributed by atoms with Crippen molar-refractivity contribution in [3.8, 4) is 0 Å². The Kier molecular flexibility index (Phi) is 38.3. The molecule has 1 amide bonds. The molecule has 0 aliphatic carbocycles. The second kappa shape index (κ2) is 40.2. The zero-order valence-electron chi connectivity index (χ0n) is 38.0. The minimum absolute atomic E-state index is 0.219. The predicted octanol–water partition coefficient (Wildman–Crippen LogP) is 12.1. The fraction of sp³-hybridized carbons (Fsp3) is 0.980. The predicted molar refractivity (Wildman–Crippen MR) is 239 cm³/mol. The Morgan fingerprint density at radius 3 is 1.24 bits per heavy atom. The fourth-order valence-electron chi connectivity index (χ4n) is 8.37. The number of hydrogen-bond donors (Lipinski definition) is 5. The SMILES string of the molecule is CCCCCCCCCCCCCCCCCCCCCCCCCC(=O)N[C@@H](CO[C@H]1O[C@H](CO)[C@H](O)[C@H](O)[C@H]1O)[C@H](F)CCCCCCCCCCCCCC. The first-order valence-electron chi connectivity index (χ1n) is 25.2. The van der Waals surface area contributed by atoms with Crippen molar-refractivity contribution in [3.63, 3.8) is 0 Å². The number of unbranched alkanes of at least 4 members (excludes halogenated alkanes) is 33. The highest BCUT2D eigenvalue weighted by atomic mass is 19.1. The quantitative estimate of drug-likeness (QED) is 0.0387. The molecule has 0 spiro atoms. The van der Waals surface area contributed by atoms with Crippen LogP contribution in [0, 0.1) is 0 Å². The molecule has 8 nitrogen and oxygen atoms in total. The van der Waals surface area contributed by atoms with Gasteiger partial charge in [-0.25, -0.2) is 4.39 Å². The van der Waals surface area contributed by atoms with Crippen LogP contribution in [0.5, 0.6) is 0 Å². The van der Waals surface area contributed by atoms with Gasteiger partial charge in [-0.1, -0.05) is 232 Å². The molecule has 58 heavy (non-hydrogen) atoms. The summed E-state index contributed by atoms with van der Waals surface area (Å²) >= 11 is 0. The third-order valence-corrected chi connectivity index (χ3v) is 12.4. The standard InChI is InChI=1S/C49H96FNO7/c1-3-5-7-9-11-13-15-17-18-19-20-21-22-23-24-25-26-27-29-31-33-35-37-39-45(53)51-43(41-57-49-48(56)47(55)46(54)44(40-52)58-49)42(50)38-36-34-32-30-28-16-14-12-10-8-6-4-2/h42-44,46-49,52,54-56H,3-41H2,1-2H3,(H,51,53)/t42-,43+,44-,46+,47+,48-,49+/m1/s1. The second-order valence-corrected chi connectivity index (χ2v) is 17.9. The third kappa shape index (κ3) is 30.2. The lowest BCUT2D eigenvalue weighted by Crippen LogP contribution is -2.59. The second-order valence-electron chi connectivity index (χ2n) is 17.9. The number of hydrogen-bond acceptors (Lipinski definition) is 7. The van der Waals surface area contributed by atoms with Gasteiger partial charge in [-0.05, 0) is 12.8 Å². The number of amides is 1. The lowest BCUT2D eigenvalue weighted by molar-refractivity contribution is -0.302. The molecule has 1 aliphatic heterocycles. The normalized spacial score (nSPS) is 20.7. The van der Waals surface area contributed by atoms with Crippen LogP contribution in [0.2, 0.25) is 0 Å². The molecule has 0 aromatic heterocycles. The molecule has 0 unspecified atom stereocenters. The van der Waals surface area contributed by atoms with Crippen molar-refractivity contribution in [2.24, 2.45) is 0 Å². The van der Waals surface area contributed by atoms with Crippen molar-refractivity contribution < 1.29 is 39.1 Å². The zero-order chi connectivity index (χ0) is 42.3. The van der Waals surface area contributed by atoms with Gasteiger partial charge in [0.25, 0.3) is 0 Å². The van der Waals surface area contributed by atoms with Crippen molar-refractivity contribution in [1.29, 1.82) is 0 Å². The van der Waals surface area contributed by atoms with Crippen molar-refractivity contribution >= 4 is 5.91 Å². The summed E-state index contributed by atoms with van der Waals surface area (Å²) < 4.78 is 26.8. The highest BCUT2D eigenvalue weighted by Gasteiger charge is 2.44. The minimum atomic E-state index is -1.58. The lowest BCUT2D eigenvalue weighted by Gasteiger charge is -2.40. The lowest BCUT2D eigenvalue weighted by atomic mass is 9.99. The number of carbonyl (C=O) groups excluding carboxylic acids is 1. The van der Waals surface area contributed by atoms with E-state index in [2.05, 4.69) is 19.2 Å². The van der Waals surface area contributed by atoms with Gasteiger partial charge in [-0.2, -0.15) is 0 Å². The Labute approximate surface area is 357 Å². The van der Waals surface area contributed by atoms with Gasteiger partial charge >= 0.3 is 0 Å². The maximum Gasteiger partial charge on any atom is 0.220 e. The average molecular weight is 830 g/mol. The van der Waals surface area contributed by atoms with E-state index in [1.807, 2.05) is 0 Å². The maximum atomic E-state index is 15.6. The molecule has 0 bridgehead atoms. The van der Waals surface area contributed by atoms with Crippen molar-refractivity contribution in [1.82, 2.24) is 5.32 Å². The van der Waals surface area contributed by atoms with Crippen LogP contribution in [0.15, 0.2) is 0 Å². The summed E-state index contributed by atoms with van der Waals surface area (Å²) in [7, 11) is 0. The van der Waals surface area contributed by atoms with Gasteiger partial charge < -0.3 is 35.2 Å². The summed E-state index contributed by atoms with van der Waals surface area (Å²) in [5.74, 6) is -0.219. The van der Waals surface area contributed by atoms with E-state index in [9.17, 15) is 25.2 Å². The number of rotatable bonds is 43. The molecule has 1 aliphatic rings. The van der Waals surface area contributed by atoms with E-state index < -0.39 is 49.5 Å². The van der Waals surface area contributed by atoms with Gasteiger partial charge in [-0.15, -0.1) is 0 Å². The molecule has 1 saturated heterocycles.